The molecule has 1 aliphatic rings. The first-order chi connectivity index (χ1) is 9.24. The second kappa shape index (κ2) is 6.56. The van der Waals surface area contributed by atoms with Crippen molar-refractivity contribution in [3.63, 3.8) is 0 Å². The minimum absolute atomic E-state index is 0.372. The average molecular weight is 319 g/mol. The van der Waals surface area contributed by atoms with E-state index in [0.29, 0.717) is 18.2 Å². The second-order valence-corrected chi connectivity index (χ2v) is 5.48. The molecule has 1 aliphatic heterocycles. The summed E-state index contributed by atoms with van der Waals surface area (Å²) in [5.74, 6) is 0. The molecule has 0 aromatic heterocycles. The molecular weight excluding hydrogens is 304 g/mol. The van der Waals surface area contributed by atoms with Crippen molar-refractivity contribution in [3.05, 3.63) is 28.2 Å². The molecule has 1 saturated heterocycles. The fourth-order valence-corrected chi connectivity index (χ4v) is 2.77. The zero-order valence-electron chi connectivity index (χ0n) is 10.6. The summed E-state index contributed by atoms with van der Waals surface area (Å²) in [5, 5.41) is 21.3. The lowest BCUT2D eigenvalue weighted by Gasteiger charge is -2.31. The third kappa shape index (κ3) is 3.47. The van der Waals surface area contributed by atoms with Crippen molar-refractivity contribution in [2.24, 2.45) is 0 Å². The van der Waals surface area contributed by atoms with Gasteiger partial charge in [0.25, 0.3) is 0 Å². The van der Waals surface area contributed by atoms with Crippen molar-refractivity contribution in [1.29, 1.82) is 10.5 Å². The summed E-state index contributed by atoms with van der Waals surface area (Å²) in [4.78, 5) is 2.16. The lowest BCUT2D eigenvalue weighted by molar-refractivity contribution is 0.242. The molecule has 2 rings (SSSR count). The number of halogens is 1. The second-order valence-electron chi connectivity index (χ2n) is 4.63. The normalized spacial score (nSPS) is 16.6. The summed E-state index contributed by atoms with van der Waals surface area (Å²) in [6, 6.07) is 10.5. The molecule has 0 amide bonds. The van der Waals surface area contributed by atoms with Crippen LogP contribution < -0.4 is 5.32 Å². The van der Waals surface area contributed by atoms with Crippen LogP contribution in [0, 0.1) is 22.7 Å². The Morgan fingerprint density at radius 1 is 1.32 bits per heavy atom. The van der Waals surface area contributed by atoms with Crippen molar-refractivity contribution in [3.8, 4) is 12.1 Å². The molecule has 1 aromatic rings. The van der Waals surface area contributed by atoms with E-state index < -0.39 is 0 Å². The highest BCUT2D eigenvalue weighted by atomic mass is 79.9. The number of hydrogen-bond donors (Lipinski definition) is 1. The van der Waals surface area contributed by atoms with Crippen molar-refractivity contribution < 1.29 is 0 Å². The summed E-state index contributed by atoms with van der Waals surface area (Å²) in [6.45, 7) is 2.37. The number of nitrogens with one attached hydrogen (secondary N) is 1. The maximum absolute atomic E-state index is 9.18. The lowest BCUT2D eigenvalue weighted by atomic mass is 10.0. The molecule has 0 aliphatic carbocycles. The van der Waals surface area contributed by atoms with E-state index >= 15 is 0 Å². The molecule has 0 bridgehead atoms. The van der Waals surface area contributed by atoms with Crippen LogP contribution in [0.5, 0.6) is 0 Å². The van der Waals surface area contributed by atoms with Crippen molar-refractivity contribution in [2.45, 2.75) is 18.9 Å². The molecule has 1 N–H and O–H groups in total. The van der Waals surface area contributed by atoms with E-state index in [1.807, 2.05) is 18.2 Å². The Kier molecular flexibility index (Phi) is 4.79. The summed E-state index contributed by atoms with van der Waals surface area (Å²) >= 11 is 3.40. The smallest absolute Gasteiger partial charge is 0.103 e. The summed E-state index contributed by atoms with van der Waals surface area (Å²) in [7, 11) is 0. The van der Waals surface area contributed by atoms with E-state index in [9.17, 15) is 5.26 Å². The molecule has 5 heteroatoms. The maximum atomic E-state index is 9.18. The lowest BCUT2D eigenvalue weighted by Crippen LogP contribution is -2.39. The van der Waals surface area contributed by atoms with Gasteiger partial charge < -0.3 is 5.32 Å². The standard InChI is InChI=1S/C14H15BrN4/c15-13-2-1-3-14(12(13)10-17)18-11-4-7-19(8-5-11)9-6-16/h1-3,11,18H,4-5,7-9H2. The van der Waals surface area contributed by atoms with Crippen LogP contribution in [0.15, 0.2) is 22.7 Å². The Hall–Kier alpha value is -1.56. The van der Waals surface area contributed by atoms with Gasteiger partial charge in [0.05, 0.1) is 23.9 Å². The Bertz CT molecular complexity index is 521. The van der Waals surface area contributed by atoms with Crippen molar-refractivity contribution >= 4 is 21.6 Å². The number of piperidine rings is 1. The minimum Gasteiger partial charge on any atom is -0.381 e. The first-order valence-corrected chi connectivity index (χ1v) is 7.08. The van der Waals surface area contributed by atoms with Crippen LogP contribution >= 0.6 is 15.9 Å². The van der Waals surface area contributed by atoms with Crippen LogP contribution in [-0.2, 0) is 0 Å². The fraction of sp³-hybridized carbons (Fsp3) is 0.429. The van der Waals surface area contributed by atoms with Gasteiger partial charge >= 0.3 is 0 Å². The summed E-state index contributed by atoms with van der Waals surface area (Å²) in [5.41, 5.74) is 1.54. The molecule has 98 valence electrons. The molecule has 0 saturated carbocycles. The Balaban J connectivity index is 1.99. The third-order valence-corrected chi connectivity index (χ3v) is 4.03. The van der Waals surface area contributed by atoms with Crippen LogP contribution in [0.25, 0.3) is 0 Å². The number of nitrogens with zero attached hydrogens (tertiary/aromatic N) is 3. The molecule has 1 fully saturated rings. The first kappa shape index (κ1) is 13.9. The first-order valence-electron chi connectivity index (χ1n) is 6.29. The number of benzene rings is 1. The molecule has 0 unspecified atom stereocenters. The molecule has 0 radical (unpaired) electrons. The third-order valence-electron chi connectivity index (χ3n) is 3.37. The largest absolute Gasteiger partial charge is 0.381 e. The Morgan fingerprint density at radius 2 is 2.05 bits per heavy atom. The quantitative estimate of drug-likeness (QED) is 0.870. The molecule has 0 spiro atoms. The molecule has 0 atom stereocenters. The average Bonchev–Trinajstić information content (AvgIpc) is 2.42. The number of likely N-dealkylation sites (tertiary alicyclic amines) is 1. The van der Waals surface area contributed by atoms with Gasteiger partial charge in [-0.2, -0.15) is 10.5 Å². The highest BCUT2D eigenvalue weighted by Crippen LogP contribution is 2.26. The summed E-state index contributed by atoms with van der Waals surface area (Å²) < 4.78 is 0.821. The molecule has 1 heterocycles. The van der Waals surface area contributed by atoms with Crippen LogP contribution in [0.2, 0.25) is 0 Å². The van der Waals surface area contributed by atoms with Crippen LogP contribution in [-0.4, -0.2) is 30.6 Å². The molecule has 1 aromatic carbocycles. The summed E-state index contributed by atoms with van der Waals surface area (Å²) in [6.07, 6.45) is 2.00. The predicted octanol–water partition coefficient (Wildman–Crippen LogP) is 2.72. The fourth-order valence-electron chi connectivity index (χ4n) is 2.31. The van der Waals surface area contributed by atoms with Crippen molar-refractivity contribution in [2.75, 3.05) is 25.0 Å². The highest BCUT2D eigenvalue weighted by Gasteiger charge is 2.19. The molecular formula is C14H15BrN4. The van der Waals surface area contributed by atoms with Crippen LogP contribution in [0.3, 0.4) is 0 Å². The van der Waals surface area contributed by atoms with E-state index in [1.54, 1.807) is 0 Å². The Labute approximate surface area is 121 Å². The zero-order chi connectivity index (χ0) is 13.7. The van der Waals surface area contributed by atoms with Crippen LogP contribution in [0.1, 0.15) is 18.4 Å². The maximum Gasteiger partial charge on any atom is 0.103 e. The number of rotatable bonds is 3. The monoisotopic (exact) mass is 318 g/mol. The zero-order valence-corrected chi connectivity index (χ0v) is 12.2. The van der Waals surface area contributed by atoms with E-state index in [0.717, 1.165) is 36.1 Å². The van der Waals surface area contributed by atoms with Gasteiger partial charge in [-0.05, 0) is 40.9 Å². The van der Waals surface area contributed by atoms with Gasteiger partial charge in [0.2, 0.25) is 0 Å². The van der Waals surface area contributed by atoms with Gasteiger partial charge in [-0.15, -0.1) is 0 Å². The van der Waals surface area contributed by atoms with E-state index in [-0.39, 0.29) is 0 Å². The SMILES string of the molecule is N#CCN1CCC(Nc2cccc(Br)c2C#N)CC1. The number of nitriles is 2. The van der Waals surface area contributed by atoms with Gasteiger partial charge in [-0.1, -0.05) is 6.07 Å². The van der Waals surface area contributed by atoms with Gasteiger partial charge in [0, 0.05) is 23.6 Å². The van der Waals surface area contributed by atoms with Crippen molar-refractivity contribution in [1.82, 2.24) is 4.90 Å². The predicted molar refractivity (Wildman–Crippen MR) is 77.6 cm³/mol. The minimum atomic E-state index is 0.372. The highest BCUT2D eigenvalue weighted by molar-refractivity contribution is 9.10. The van der Waals surface area contributed by atoms with E-state index in [2.05, 4.69) is 38.3 Å². The van der Waals surface area contributed by atoms with E-state index in [1.165, 1.54) is 0 Å². The van der Waals surface area contributed by atoms with Gasteiger partial charge in [-0.3, -0.25) is 4.90 Å². The van der Waals surface area contributed by atoms with Gasteiger partial charge in [0.15, 0.2) is 0 Å². The van der Waals surface area contributed by atoms with E-state index in [4.69, 9.17) is 5.26 Å². The number of anilines is 1. The van der Waals surface area contributed by atoms with Gasteiger partial charge in [0.1, 0.15) is 6.07 Å². The van der Waals surface area contributed by atoms with Crippen LogP contribution in [0.4, 0.5) is 5.69 Å². The molecule has 19 heavy (non-hydrogen) atoms. The topological polar surface area (TPSA) is 62.9 Å². The number of hydrogen-bond acceptors (Lipinski definition) is 4. The molecule has 4 nitrogen and oxygen atoms in total. The van der Waals surface area contributed by atoms with Gasteiger partial charge in [-0.25, -0.2) is 0 Å². The Morgan fingerprint density at radius 3 is 2.68 bits per heavy atom.